The Kier molecular flexibility index (Phi) is 3.53. The maximum Gasteiger partial charge on any atom is 0.226 e. The van der Waals surface area contributed by atoms with Crippen LogP contribution in [-0.4, -0.2) is 71.5 Å². The van der Waals surface area contributed by atoms with Crippen molar-refractivity contribution in [3.05, 3.63) is 22.4 Å². The van der Waals surface area contributed by atoms with Crippen molar-refractivity contribution >= 4 is 17.1 Å². The van der Waals surface area contributed by atoms with Crippen molar-refractivity contribution in [2.45, 2.75) is 0 Å². The van der Waals surface area contributed by atoms with E-state index in [2.05, 4.69) is 14.7 Å². The second-order valence-corrected chi connectivity index (χ2v) is 6.71. The molecule has 104 valence electrons. The Hall–Kier alpha value is -0.310. The van der Waals surface area contributed by atoms with Crippen molar-refractivity contribution in [1.29, 1.82) is 0 Å². The highest BCUT2D eigenvalue weighted by molar-refractivity contribution is 7.12. The van der Waals surface area contributed by atoms with Crippen LogP contribution < -0.4 is 17.0 Å². The highest BCUT2D eigenvalue weighted by Crippen LogP contribution is 2.29. The summed E-state index contributed by atoms with van der Waals surface area (Å²) in [5.74, 6) is 0.301. The summed E-state index contributed by atoms with van der Waals surface area (Å²) in [7, 11) is 0. The minimum absolute atomic E-state index is 0. The van der Waals surface area contributed by atoms with E-state index in [9.17, 15) is 4.79 Å². The van der Waals surface area contributed by atoms with Crippen LogP contribution in [0.15, 0.2) is 17.5 Å². The monoisotopic (exact) mass is 344 g/mol. The largest absolute Gasteiger partial charge is 1.00 e. The summed E-state index contributed by atoms with van der Waals surface area (Å²) in [4.78, 5) is 20.6. The molecule has 7 heteroatoms. The fourth-order valence-corrected chi connectivity index (χ4v) is 4.28. The molecule has 5 heterocycles. The molecular formula is C12H17BrN4OS. The van der Waals surface area contributed by atoms with Crippen LogP contribution in [0.2, 0.25) is 0 Å². The molecule has 4 aliphatic heterocycles. The lowest BCUT2D eigenvalue weighted by molar-refractivity contribution is -0.973. The number of rotatable bonds is 3. The average molecular weight is 345 g/mol. The molecule has 0 N–H and O–H groups in total. The fourth-order valence-electron chi connectivity index (χ4n) is 3.63. The van der Waals surface area contributed by atoms with Gasteiger partial charge in [0.05, 0.1) is 24.9 Å². The molecule has 5 nitrogen and oxygen atoms in total. The molecule has 1 aromatic rings. The normalized spacial score (nSPS) is 39.1. The fraction of sp³-hybridized carbons (Fsp3) is 0.583. The van der Waals surface area contributed by atoms with Crippen LogP contribution in [0, 0.1) is 0 Å². The lowest BCUT2D eigenvalue weighted by Gasteiger charge is -2.60. The van der Waals surface area contributed by atoms with E-state index >= 15 is 0 Å². The molecule has 0 unspecified atom stereocenters. The smallest absolute Gasteiger partial charge is 0.226 e. The van der Waals surface area contributed by atoms with Crippen LogP contribution in [0.1, 0.15) is 9.67 Å². The van der Waals surface area contributed by atoms with E-state index in [1.54, 1.807) is 11.3 Å². The molecule has 4 aliphatic rings. The zero-order valence-corrected chi connectivity index (χ0v) is 13.1. The van der Waals surface area contributed by atoms with Gasteiger partial charge in [-0.3, -0.25) is 9.28 Å². The Morgan fingerprint density at radius 3 is 2.21 bits per heavy atom. The quantitative estimate of drug-likeness (QED) is 0.445. The van der Waals surface area contributed by atoms with Gasteiger partial charge in [0.25, 0.3) is 0 Å². The molecule has 0 atom stereocenters. The van der Waals surface area contributed by atoms with Crippen LogP contribution in [0.5, 0.6) is 0 Å². The summed E-state index contributed by atoms with van der Waals surface area (Å²) >= 11 is 1.56. The second kappa shape index (κ2) is 4.91. The minimum atomic E-state index is 0. The van der Waals surface area contributed by atoms with Gasteiger partial charge in [0.15, 0.2) is 0 Å². The zero-order valence-electron chi connectivity index (χ0n) is 10.7. The summed E-state index contributed by atoms with van der Waals surface area (Å²) in [6.45, 7) is 6.96. The summed E-state index contributed by atoms with van der Waals surface area (Å²) in [6, 6.07) is 3.90. The number of ketones is 1. The molecule has 19 heavy (non-hydrogen) atoms. The Morgan fingerprint density at radius 1 is 1.16 bits per heavy atom. The molecule has 0 radical (unpaired) electrons. The number of nitrogens with zero attached hydrogens (tertiary/aromatic N) is 4. The van der Waals surface area contributed by atoms with Crippen molar-refractivity contribution in [2.75, 3.05) is 46.6 Å². The van der Waals surface area contributed by atoms with Crippen LogP contribution in [0.25, 0.3) is 0 Å². The lowest BCUT2D eigenvalue weighted by Crippen LogP contribution is -3.00. The average Bonchev–Trinajstić information content (AvgIpc) is 2.79. The molecule has 0 aromatic carbocycles. The topological polar surface area (TPSA) is 26.8 Å². The molecular weight excluding hydrogens is 328 g/mol. The number of halogens is 1. The van der Waals surface area contributed by atoms with E-state index in [1.165, 1.54) is 0 Å². The molecule has 1 aromatic heterocycles. The van der Waals surface area contributed by atoms with Gasteiger partial charge in [0, 0.05) is 0 Å². The van der Waals surface area contributed by atoms with E-state index in [-0.39, 0.29) is 17.0 Å². The lowest BCUT2D eigenvalue weighted by atomic mass is 10.2. The summed E-state index contributed by atoms with van der Waals surface area (Å²) in [6.07, 6.45) is 0. The molecule has 0 spiro atoms. The molecule has 4 saturated heterocycles. The van der Waals surface area contributed by atoms with E-state index in [1.807, 2.05) is 17.5 Å². The first-order valence-electron chi connectivity index (χ1n) is 6.31. The van der Waals surface area contributed by atoms with Crippen LogP contribution in [0.4, 0.5) is 0 Å². The predicted octanol–water partition coefficient (Wildman–Crippen LogP) is -2.56. The van der Waals surface area contributed by atoms with Gasteiger partial charge in [-0.05, 0) is 11.4 Å². The number of carbonyl (C=O) groups excluding carboxylic acids is 1. The van der Waals surface area contributed by atoms with Gasteiger partial charge in [0.2, 0.25) is 5.78 Å². The Labute approximate surface area is 127 Å². The first-order valence-corrected chi connectivity index (χ1v) is 7.19. The van der Waals surface area contributed by atoms with Crippen LogP contribution in [0.3, 0.4) is 0 Å². The standard InChI is InChI=1S/C12H17N4OS.BrH/c17-11(12-2-1-3-18-12)4-16-8-13-5-14(9-16)7-15(6-13)10-16;/h1-3H,4-10H2;1H/q+1;/p-1. The van der Waals surface area contributed by atoms with Crippen LogP contribution >= 0.6 is 11.3 Å². The molecule has 0 aliphatic carbocycles. The maximum atomic E-state index is 12.3. The first kappa shape index (κ1) is 13.7. The van der Waals surface area contributed by atoms with Crippen molar-refractivity contribution in [3.63, 3.8) is 0 Å². The predicted molar refractivity (Wildman–Crippen MR) is 68.5 cm³/mol. The van der Waals surface area contributed by atoms with Crippen molar-refractivity contribution in [3.8, 4) is 0 Å². The van der Waals surface area contributed by atoms with Crippen molar-refractivity contribution in [1.82, 2.24) is 14.7 Å². The van der Waals surface area contributed by atoms with E-state index in [4.69, 9.17) is 0 Å². The number of thiophene rings is 1. The van der Waals surface area contributed by atoms with Crippen molar-refractivity contribution < 1.29 is 26.3 Å². The summed E-state index contributed by atoms with van der Waals surface area (Å²) in [5, 5.41) is 1.98. The zero-order chi connectivity index (χ0) is 12.2. The number of carbonyl (C=O) groups is 1. The third-order valence-electron chi connectivity index (χ3n) is 3.98. The summed E-state index contributed by atoms with van der Waals surface area (Å²) in [5.41, 5.74) is 0. The Morgan fingerprint density at radius 2 is 1.74 bits per heavy atom. The van der Waals surface area contributed by atoms with Gasteiger partial charge in [-0.15, -0.1) is 11.3 Å². The molecule has 0 amide bonds. The molecule has 4 bridgehead atoms. The number of Topliss-reactive ketones (excluding diaryl/α,β-unsaturated/α-hetero) is 1. The molecule has 5 rings (SSSR count). The first-order chi connectivity index (χ1) is 8.72. The van der Waals surface area contributed by atoms with Gasteiger partial charge in [-0.1, -0.05) is 6.07 Å². The van der Waals surface area contributed by atoms with E-state index < -0.39 is 0 Å². The molecule has 0 saturated carbocycles. The minimum Gasteiger partial charge on any atom is -1.00 e. The van der Waals surface area contributed by atoms with Gasteiger partial charge in [-0.2, -0.15) is 0 Å². The van der Waals surface area contributed by atoms with Gasteiger partial charge >= 0.3 is 0 Å². The van der Waals surface area contributed by atoms with Gasteiger partial charge in [0.1, 0.15) is 26.6 Å². The number of hydrogen-bond acceptors (Lipinski definition) is 5. The van der Waals surface area contributed by atoms with Gasteiger partial charge < -0.3 is 17.0 Å². The third-order valence-corrected chi connectivity index (χ3v) is 4.89. The second-order valence-electron chi connectivity index (χ2n) is 5.76. The van der Waals surface area contributed by atoms with E-state index in [0.29, 0.717) is 12.3 Å². The molecule has 4 fully saturated rings. The summed E-state index contributed by atoms with van der Waals surface area (Å²) < 4.78 is 0.900. The number of hydrogen-bond donors (Lipinski definition) is 0. The maximum absolute atomic E-state index is 12.3. The number of quaternary nitrogens is 1. The van der Waals surface area contributed by atoms with E-state index in [0.717, 1.165) is 49.4 Å². The van der Waals surface area contributed by atoms with Crippen LogP contribution in [-0.2, 0) is 0 Å². The third kappa shape index (κ3) is 2.39. The SMILES string of the molecule is O=C(C[N+]12CN3CN(CN(C3)C1)C2)c1cccs1.[Br-]. The highest BCUT2D eigenvalue weighted by atomic mass is 79.9. The highest BCUT2D eigenvalue weighted by Gasteiger charge is 2.49. The Balaban J connectivity index is 0.00000110. The Bertz CT molecular complexity index is 443. The van der Waals surface area contributed by atoms with Crippen molar-refractivity contribution in [2.24, 2.45) is 0 Å². The van der Waals surface area contributed by atoms with Gasteiger partial charge in [-0.25, -0.2) is 14.7 Å².